The number of esters is 1. The van der Waals surface area contributed by atoms with Crippen LogP contribution in [-0.2, 0) is 30.4 Å². The first-order valence-electron chi connectivity index (χ1n) is 11.8. The van der Waals surface area contributed by atoms with Crippen molar-refractivity contribution in [2.24, 2.45) is 0 Å². The van der Waals surface area contributed by atoms with Crippen LogP contribution in [0.4, 0.5) is 5.69 Å². The number of carbonyl (C=O) groups excluding carboxylic acids is 2. The molecule has 1 amide bonds. The minimum atomic E-state index is -3.58. The SMILES string of the molecule is CCN(CC)S(=O)(=O)c1ccc(NC(=O)COC(=O)c2cc(C(C)(C)C)cc(C(C)(C)C)c2)cc1. The van der Waals surface area contributed by atoms with Gasteiger partial charge in [0.1, 0.15) is 0 Å². The molecule has 0 aliphatic heterocycles. The van der Waals surface area contributed by atoms with Crippen LogP contribution < -0.4 is 5.32 Å². The summed E-state index contributed by atoms with van der Waals surface area (Å²) in [5.41, 5.74) is 2.54. The van der Waals surface area contributed by atoms with Crippen molar-refractivity contribution >= 4 is 27.6 Å². The highest BCUT2D eigenvalue weighted by Gasteiger charge is 2.24. The first-order chi connectivity index (χ1) is 16.1. The van der Waals surface area contributed by atoms with E-state index < -0.39 is 28.5 Å². The highest BCUT2D eigenvalue weighted by atomic mass is 32.2. The van der Waals surface area contributed by atoms with Gasteiger partial charge in [0.05, 0.1) is 10.5 Å². The summed E-state index contributed by atoms with van der Waals surface area (Å²) >= 11 is 0. The molecule has 7 nitrogen and oxygen atoms in total. The maximum Gasteiger partial charge on any atom is 0.338 e. The Hall–Kier alpha value is -2.71. The maximum atomic E-state index is 12.8. The molecule has 0 heterocycles. The van der Waals surface area contributed by atoms with Crippen LogP contribution in [0.1, 0.15) is 76.9 Å². The molecule has 1 N–H and O–H groups in total. The van der Waals surface area contributed by atoms with E-state index in [9.17, 15) is 18.0 Å². The number of nitrogens with one attached hydrogen (secondary N) is 1. The summed E-state index contributed by atoms with van der Waals surface area (Å²) in [4.78, 5) is 25.3. The summed E-state index contributed by atoms with van der Waals surface area (Å²) in [6.07, 6.45) is 0. The summed E-state index contributed by atoms with van der Waals surface area (Å²) in [5, 5.41) is 2.63. The molecule has 0 fully saturated rings. The van der Waals surface area contributed by atoms with Gasteiger partial charge in [0.25, 0.3) is 5.91 Å². The molecule has 2 rings (SSSR count). The molecule has 192 valence electrons. The Labute approximate surface area is 209 Å². The minimum Gasteiger partial charge on any atom is -0.452 e. The Morgan fingerprint density at radius 1 is 0.857 bits per heavy atom. The lowest BCUT2D eigenvalue weighted by Gasteiger charge is -2.25. The lowest BCUT2D eigenvalue weighted by Crippen LogP contribution is -2.30. The maximum absolute atomic E-state index is 12.8. The third-order valence-electron chi connectivity index (χ3n) is 5.72. The molecule has 2 aromatic carbocycles. The number of anilines is 1. The number of benzene rings is 2. The van der Waals surface area contributed by atoms with Gasteiger partial charge in [-0.15, -0.1) is 0 Å². The summed E-state index contributed by atoms with van der Waals surface area (Å²) in [6.45, 7) is 16.3. The molecule has 0 unspecified atom stereocenters. The lowest BCUT2D eigenvalue weighted by atomic mass is 9.79. The fourth-order valence-corrected chi connectivity index (χ4v) is 4.90. The average molecular weight is 503 g/mol. The van der Waals surface area contributed by atoms with Crippen LogP contribution in [-0.4, -0.2) is 44.3 Å². The predicted octanol–water partition coefficient (Wildman–Crippen LogP) is 5.11. The van der Waals surface area contributed by atoms with Crippen molar-refractivity contribution in [1.29, 1.82) is 0 Å². The first-order valence-corrected chi connectivity index (χ1v) is 13.3. The minimum absolute atomic E-state index is 0.152. The van der Waals surface area contributed by atoms with E-state index >= 15 is 0 Å². The van der Waals surface area contributed by atoms with Crippen molar-refractivity contribution < 1.29 is 22.7 Å². The third kappa shape index (κ3) is 7.39. The summed E-state index contributed by atoms with van der Waals surface area (Å²) < 4.78 is 31.8. The Bertz CT molecular complexity index is 1120. The Kier molecular flexibility index (Phi) is 8.89. The van der Waals surface area contributed by atoms with Crippen molar-refractivity contribution in [2.75, 3.05) is 25.0 Å². The van der Waals surface area contributed by atoms with E-state index in [2.05, 4.69) is 52.9 Å². The van der Waals surface area contributed by atoms with E-state index in [4.69, 9.17) is 4.74 Å². The molecular weight excluding hydrogens is 464 g/mol. The van der Waals surface area contributed by atoms with Gasteiger partial charge in [0.2, 0.25) is 10.0 Å². The fraction of sp³-hybridized carbons (Fsp3) is 0.481. The second kappa shape index (κ2) is 10.9. The van der Waals surface area contributed by atoms with Crippen LogP contribution >= 0.6 is 0 Å². The first kappa shape index (κ1) is 28.5. The van der Waals surface area contributed by atoms with Crippen molar-refractivity contribution in [2.45, 2.75) is 71.1 Å². The molecular formula is C27H38N2O5S. The van der Waals surface area contributed by atoms with Crippen molar-refractivity contribution in [3.8, 4) is 0 Å². The largest absolute Gasteiger partial charge is 0.452 e. The quantitative estimate of drug-likeness (QED) is 0.507. The molecule has 35 heavy (non-hydrogen) atoms. The van der Waals surface area contributed by atoms with Crippen LogP contribution in [0.3, 0.4) is 0 Å². The van der Waals surface area contributed by atoms with Gasteiger partial charge in [-0.3, -0.25) is 4.79 Å². The fourth-order valence-electron chi connectivity index (χ4n) is 3.45. The van der Waals surface area contributed by atoms with Gasteiger partial charge >= 0.3 is 5.97 Å². The second-order valence-corrected chi connectivity index (χ2v) is 12.5. The number of nitrogens with zero attached hydrogens (tertiary/aromatic N) is 1. The highest BCUT2D eigenvalue weighted by molar-refractivity contribution is 7.89. The van der Waals surface area contributed by atoms with Crippen molar-refractivity contribution in [3.63, 3.8) is 0 Å². The van der Waals surface area contributed by atoms with Gasteiger partial charge in [-0.05, 0) is 58.4 Å². The number of hydrogen-bond donors (Lipinski definition) is 1. The second-order valence-electron chi connectivity index (χ2n) is 10.5. The number of ether oxygens (including phenoxy) is 1. The zero-order valence-electron chi connectivity index (χ0n) is 22.1. The molecule has 0 bridgehead atoms. The summed E-state index contributed by atoms with van der Waals surface area (Å²) in [5.74, 6) is -1.09. The van der Waals surface area contributed by atoms with Gasteiger partial charge in [0, 0.05) is 18.8 Å². The van der Waals surface area contributed by atoms with Gasteiger partial charge in [-0.1, -0.05) is 61.5 Å². The van der Waals surface area contributed by atoms with Crippen molar-refractivity contribution in [3.05, 3.63) is 59.2 Å². The molecule has 0 aliphatic rings. The zero-order chi connectivity index (χ0) is 26.6. The van der Waals surface area contributed by atoms with Crippen LogP contribution in [0.25, 0.3) is 0 Å². The van der Waals surface area contributed by atoms with E-state index in [-0.39, 0.29) is 15.7 Å². The zero-order valence-corrected chi connectivity index (χ0v) is 22.9. The van der Waals surface area contributed by atoms with E-state index in [0.717, 1.165) is 11.1 Å². The molecule has 0 atom stereocenters. The number of sulfonamides is 1. The molecule has 0 radical (unpaired) electrons. The molecule has 0 spiro atoms. The lowest BCUT2D eigenvalue weighted by molar-refractivity contribution is -0.119. The highest BCUT2D eigenvalue weighted by Crippen LogP contribution is 2.30. The molecule has 0 aliphatic carbocycles. The van der Waals surface area contributed by atoms with Crippen LogP contribution in [0.2, 0.25) is 0 Å². The van der Waals surface area contributed by atoms with Crippen LogP contribution in [0.15, 0.2) is 47.4 Å². The normalized spacial score (nSPS) is 12.5. The van der Waals surface area contributed by atoms with E-state index in [1.54, 1.807) is 13.8 Å². The molecule has 0 saturated heterocycles. The standard InChI is InChI=1S/C27H38N2O5S/c1-9-29(10-2)35(32,33)23-13-11-22(12-14-23)28-24(30)18-34-25(31)19-15-20(26(3,4)5)17-21(16-19)27(6,7)8/h11-17H,9-10,18H2,1-8H3,(H,28,30). The average Bonchev–Trinajstić information content (AvgIpc) is 2.77. The Morgan fingerprint density at radius 2 is 1.34 bits per heavy atom. The van der Waals surface area contributed by atoms with Crippen molar-refractivity contribution in [1.82, 2.24) is 4.31 Å². The molecule has 0 aromatic heterocycles. The van der Waals surface area contributed by atoms with E-state index in [1.165, 1.54) is 28.6 Å². The molecule has 2 aromatic rings. The molecule has 0 saturated carbocycles. The number of carbonyl (C=O) groups is 2. The van der Waals surface area contributed by atoms with Gasteiger partial charge in [-0.2, -0.15) is 4.31 Å². The smallest absolute Gasteiger partial charge is 0.338 e. The summed E-state index contributed by atoms with van der Waals surface area (Å²) in [7, 11) is -3.58. The monoisotopic (exact) mass is 502 g/mol. The number of hydrogen-bond acceptors (Lipinski definition) is 5. The van der Waals surface area contributed by atoms with Gasteiger partial charge < -0.3 is 10.1 Å². The van der Waals surface area contributed by atoms with Gasteiger partial charge in [-0.25, -0.2) is 13.2 Å². The third-order valence-corrected chi connectivity index (χ3v) is 7.78. The molecule has 8 heteroatoms. The van der Waals surface area contributed by atoms with Gasteiger partial charge in [0.15, 0.2) is 6.61 Å². The number of rotatable bonds is 8. The Morgan fingerprint density at radius 3 is 1.77 bits per heavy atom. The predicted molar refractivity (Wildman–Crippen MR) is 139 cm³/mol. The van der Waals surface area contributed by atoms with Crippen LogP contribution in [0, 0.1) is 0 Å². The van der Waals surface area contributed by atoms with Crippen LogP contribution in [0.5, 0.6) is 0 Å². The topological polar surface area (TPSA) is 92.8 Å². The summed E-state index contributed by atoms with van der Waals surface area (Å²) in [6, 6.07) is 11.6. The number of amides is 1. The van der Waals surface area contributed by atoms with E-state index in [0.29, 0.717) is 24.3 Å². The Balaban J connectivity index is 2.09. The van der Waals surface area contributed by atoms with E-state index in [1.807, 2.05) is 12.1 Å².